The lowest BCUT2D eigenvalue weighted by molar-refractivity contribution is -0.164. The third-order valence-corrected chi connectivity index (χ3v) is 2.04. The number of nitrogens with one attached hydrogen (secondary N) is 1. The molecule has 1 amide bonds. The molecule has 0 heterocycles. The standard InChI is InChI=1S/C12H16N2O7/c1-3-9(16)14-8(5-15)12(19)21-11(18)7(13)6-20-10(17)4-2/h3-4,7-8,15H,1-2,5-6,13H2,(H,14,16)/t7-,8-/m0/s1. The second-order valence-corrected chi connectivity index (χ2v) is 3.63. The fourth-order valence-corrected chi connectivity index (χ4v) is 0.955. The van der Waals surface area contributed by atoms with Gasteiger partial charge in [0, 0.05) is 6.08 Å². The van der Waals surface area contributed by atoms with Gasteiger partial charge in [0.25, 0.3) is 0 Å². The highest BCUT2D eigenvalue weighted by Crippen LogP contribution is 1.95. The molecule has 0 rings (SSSR count). The molecule has 0 saturated heterocycles. The summed E-state index contributed by atoms with van der Waals surface area (Å²) in [6.45, 7) is 5.00. The summed E-state index contributed by atoms with van der Waals surface area (Å²) < 4.78 is 8.85. The number of esters is 3. The maximum Gasteiger partial charge on any atom is 0.338 e. The van der Waals surface area contributed by atoms with Crippen LogP contribution in [0.25, 0.3) is 0 Å². The van der Waals surface area contributed by atoms with Crippen molar-refractivity contribution in [3.63, 3.8) is 0 Å². The summed E-state index contributed by atoms with van der Waals surface area (Å²) in [5.41, 5.74) is 5.33. The van der Waals surface area contributed by atoms with Crippen molar-refractivity contribution >= 4 is 23.8 Å². The maximum atomic E-state index is 11.5. The molecule has 9 nitrogen and oxygen atoms in total. The molecule has 0 aromatic heterocycles. The first kappa shape index (κ1) is 18.5. The number of hydrogen-bond acceptors (Lipinski definition) is 8. The van der Waals surface area contributed by atoms with Gasteiger partial charge in [-0.25, -0.2) is 14.4 Å². The normalized spacial score (nSPS) is 12.5. The van der Waals surface area contributed by atoms with E-state index in [2.05, 4.69) is 22.6 Å². The van der Waals surface area contributed by atoms with Crippen molar-refractivity contribution in [2.24, 2.45) is 5.73 Å². The number of amides is 1. The molecule has 0 aliphatic heterocycles. The summed E-state index contributed by atoms with van der Waals surface area (Å²) in [6, 6.07) is -2.84. The summed E-state index contributed by atoms with van der Waals surface area (Å²) in [5, 5.41) is 11.0. The highest BCUT2D eigenvalue weighted by molar-refractivity contribution is 5.95. The molecule has 9 heteroatoms. The van der Waals surface area contributed by atoms with Crippen LogP contribution in [0, 0.1) is 0 Å². The molecule has 0 saturated carbocycles. The van der Waals surface area contributed by atoms with Crippen LogP contribution < -0.4 is 11.1 Å². The van der Waals surface area contributed by atoms with E-state index in [4.69, 9.17) is 10.8 Å². The summed E-state index contributed by atoms with van der Waals surface area (Å²) in [5.74, 6) is -3.91. The van der Waals surface area contributed by atoms with Crippen molar-refractivity contribution in [3.05, 3.63) is 25.3 Å². The van der Waals surface area contributed by atoms with Gasteiger partial charge >= 0.3 is 17.9 Å². The van der Waals surface area contributed by atoms with Crippen molar-refractivity contribution < 1.29 is 33.8 Å². The molecular formula is C12H16N2O7. The molecule has 2 atom stereocenters. The molecule has 0 aliphatic carbocycles. The van der Waals surface area contributed by atoms with E-state index in [0.29, 0.717) is 0 Å². The summed E-state index contributed by atoms with van der Waals surface area (Å²) in [6.07, 6.45) is 1.74. The van der Waals surface area contributed by atoms with Gasteiger partial charge in [0.15, 0.2) is 6.04 Å². The molecule has 116 valence electrons. The predicted octanol–water partition coefficient (Wildman–Crippen LogP) is -2.22. The quantitative estimate of drug-likeness (QED) is 0.259. The molecule has 0 unspecified atom stereocenters. The SMILES string of the molecule is C=CC(=O)N[C@@H](CO)C(=O)OC(=O)[C@@H](N)COC(=O)C=C. The third kappa shape index (κ3) is 6.99. The first-order valence-corrected chi connectivity index (χ1v) is 5.69. The highest BCUT2D eigenvalue weighted by Gasteiger charge is 2.26. The van der Waals surface area contributed by atoms with E-state index in [1.165, 1.54) is 0 Å². The van der Waals surface area contributed by atoms with Gasteiger partial charge in [-0.3, -0.25) is 4.79 Å². The number of nitrogens with two attached hydrogens (primary N) is 1. The largest absolute Gasteiger partial charge is 0.460 e. The van der Waals surface area contributed by atoms with Crippen molar-refractivity contribution in [1.29, 1.82) is 0 Å². The minimum atomic E-state index is -1.44. The van der Waals surface area contributed by atoms with Crippen molar-refractivity contribution in [2.75, 3.05) is 13.2 Å². The van der Waals surface area contributed by atoms with Gasteiger partial charge in [0.1, 0.15) is 12.6 Å². The second-order valence-electron chi connectivity index (χ2n) is 3.63. The van der Waals surface area contributed by atoms with Crippen LogP contribution in [0.1, 0.15) is 0 Å². The van der Waals surface area contributed by atoms with Gasteiger partial charge in [-0.1, -0.05) is 13.2 Å². The topological polar surface area (TPSA) is 145 Å². The lowest BCUT2D eigenvalue weighted by Crippen LogP contribution is -2.47. The van der Waals surface area contributed by atoms with Crippen LogP contribution in [-0.4, -0.2) is 54.2 Å². The second kappa shape index (κ2) is 9.39. The van der Waals surface area contributed by atoms with Gasteiger partial charge in [-0.05, 0) is 6.08 Å². The summed E-state index contributed by atoms with van der Waals surface area (Å²) in [7, 11) is 0. The molecule has 0 bridgehead atoms. The zero-order valence-electron chi connectivity index (χ0n) is 11.1. The van der Waals surface area contributed by atoms with Crippen LogP contribution in [0.5, 0.6) is 0 Å². The van der Waals surface area contributed by atoms with Gasteiger partial charge in [-0.2, -0.15) is 0 Å². The number of ether oxygens (including phenoxy) is 2. The van der Waals surface area contributed by atoms with E-state index < -0.39 is 49.1 Å². The molecule has 0 fully saturated rings. The minimum Gasteiger partial charge on any atom is -0.460 e. The van der Waals surface area contributed by atoms with Gasteiger partial charge in [0.2, 0.25) is 5.91 Å². The molecular weight excluding hydrogens is 284 g/mol. The van der Waals surface area contributed by atoms with Crippen LogP contribution in [0.4, 0.5) is 0 Å². The Hall–Kier alpha value is -2.52. The van der Waals surface area contributed by atoms with Gasteiger partial charge in [0.05, 0.1) is 6.61 Å². The first-order valence-electron chi connectivity index (χ1n) is 5.69. The zero-order chi connectivity index (χ0) is 16.4. The number of carbonyl (C=O) groups excluding carboxylic acids is 4. The van der Waals surface area contributed by atoms with Crippen molar-refractivity contribution in [3.8, 4) is 0 Å². The first-order chi connectivity index (χ1) is 9.85. The number of rotatable bonds is 8. The van der Waals surface area contributed by atoms with E-state index in [9.17, 15) is 19.2 Å². The monoisotopic (exact) mass is 300 g/mol. The van der Waals surface area contributed by atoms with E-state index >= 15 is 0 Å². The Morgan fingerprint density at radius 1 is 1.19 bits per heavy atom. The zero-order valence-corrected chi connectivity index (χ0v) is 11.1. The van der Waals surface area contributed by atoms with Crippen molar-refractivity contribution in [1.82, 2.24) is 5.32 Å². The van der Waals surface area contributed by atoms with Crippen molar-refractivity contribution in [2.45, 2.75) is 12.1 Å². The Labute approximate surface area is 120 Å². The molecule has 0 spiro atoms. The number of aliphatic hydroxyl groups is 1. The number of hydrogen-bond donors (Lipinski definition) is 3. The van der Waals surface area contributed by atoms with E-state index in [1.807, 2.05) is 5.32 Å². The number of aliphatic hydroxyl groups excluding tert-OH is 1. The Balaban J connectivity index is 4.43. The van der Waals surface area contributed by atoms with Crippen LogP contribution in [0.3, 0.4) is 0 Å². The summed E-state index contributed by atoms with van der Waals surface area (Å²) >= 11 is 0. The average molecular weight is 300 g/mol. The molecule has 0 aromatic carbocycles. The van der Waals surface area contributed by atoms with Crippen LogP contribution in [0.15, 0.2) is 25.3 Å². The Bertz CT molecular complexity index is 447. The maximum absolute atomic E-state index is 11.5. The van der Waals surface area contributed by atoms with E-state index in [-0.39, 0.29) is 0 Å². The average Bonchev–Trinajstić information content (AvgIpc) is 2.48. The Morgan fingerprint density at radius 3 is 2.29 bits per heavy atom. The molecule has 0 radical (unpaired) electrons. The van der Waals surface area contributed by atoms with E-state index in [0.717, 1.165) is 12.2 Å². The van der Waals surface area contributed by atoms with Gasteiger partial charge in [-0.15, -0.1) is 0 Å². The van der Waals surface area contributed by atoms with Crippen LogP contribution in [-0.2, 0) is 28.7 Å². The molecule has 0 aromatic rings. The Kier molecular flexibility index (Phi) is 8.27. The molecule has 4 N–H and O–H groups in total. The fraction of sp³-hybridized carbons (Fsp3) is 0.333. The molecule has 0 aliphatic rings. The highest BCUT2D eigenvalue weighted by atomic mass is 16.6. The Morgan fingerprint density at radius 2 is 1.81 bits per heavy atom. The number of carbonyl (C=O) groups is 4. The smallest absolute Gasteiger partial charge is 0.338 e. The predicted molar refractivity (Wildman–Crippen MR) is 69.4 cm³/mol. The van der Waals surface area contributed by atoms with E-state index in [1.54, 1.807) is 0 Å². The lowest BCUT2D eigenvalue weighted by atomic mass is 10.3. The molecule has 21 heavy (non-hydrogen) atoms. The lowest BCUT2D eigenvalue weighted by Gasteiger charge is -2.15. The fourth-order valence-electron chi connectivity index (χ4n) is 0.955. The third-order valence-electron chi connectivity index (χ3n) is 2.04. The van der Waals surface area contributed by atoms with Crippen LogP contribution in [0.2, 0.25) is 0 Å². The van der Waals surface area contributed by atoms with Crippen LogP contribution >= 0.6 is 0 Å². The minimum absolute atomic E-state index is 0.514. The summed E-state index contributed by atoms with van der Waals surface area (Å²) in [4.78, 5) is 44.7. The van der Waals surface area contributed by atoms with Gasteiger partial charge < -0.3 is 25.6 Å².